The number of fused-ring (bicyclic) bond motifs is 3. The first-order valence-corrected chi connectivity index (χ1v) is 9.07. The Labute approximate surface area is 157 Å². The van der Waals surface area contributed by atoms with Gasteiger partial charge in [-0.05, 0) is 63.9 Å². The van der Waals surface area contributed by atoms with E-state index in [9.17, 15) is 9.90 Å². The number of esters is 1. The number of carbonyl (C=O) groups excluding carboxylic acids is 1. The SMILES string of the molecule is CC=Cc1cc(C(=O)OCC)ccc1OCC1(O)CN2CCC1CC2.[B]. The largest absolute Gasteiger partial charge is 0.490 e. The van der Waals surface area contributed by atoms with Crippen LogP contribution in [0.1, 0.15) is 42.6 Å². The first-order valence-electron chi connectivity index (χ1n) is 9.07. The number of benzene rings is 1. The number of aliphatic hydroxyl groups is 1. The highest BCUT2D eigenvalue weighted by Gasteiger charge is 2.46. The van der Waals surface area contributed by atoms with Gasteiger partial charge in [0.15, 0.2) is 0 Å². The second kappa shape index (κ2) is 8.74. The lowest BCUT2D eigenvalue weighted by Gasteiger charge is -2.50. The topological polar surface area (TPSA) is 59.0 Å². The zero-order chi connectivity index (χ0) is 17.9. The summed E-state index contributed by atoms with van der Waals surface area (Å²) >= 11 is 0. The number of nitrogens with zero attached hydrogens (tertiary/aromatic N) is 1. The molecule has 1 aromatic rings. The predicted molar refractivity (Wildman–Crippen MR) is 102 cm³/mol. The molecule has 0 aromatic heterocycles. The van der Waals surface area contributed by atoms with E-state index in [-0.39, 0.29) is 21.0 Å². The lowest BCUT2D eigenvalue weighted by Crippen LogP contribution is -2.61. The van der Waals surface area contributed by atoms with Crippen molar-refractivity contribution in [2.45, 2.75) is 32.3 Å². The molecule has 0 aliphatic carbocycles. The van der Waals surface area contributed by atoms with Crippen LogP contribution in [0.25, 0.3) is 6.08 Å². The fourth-order valence-electron chi connectivity index (χ4n) is 3.84. The maximum Gasteiger partial charge on any atom is 0.338 e. The molecule has 3 aliphatic heterocycles. The number of carbonyl (C=O) groups is 1. The van der Waals surface area contributed by atoms with E-state index < -0.39 is 5.60 Å². The highest BCUT2D eigenvalue weighted by Crippen LogP contribution is 2.36. The maximum atomic E-state index is 11.9. The van der Waals surface area contributed by atoms with Gasteiger partial charge in [0.1, 0.15) is 18.0 Å². The van der Waals surface area contributed by atoms with E-state index in [2.05, 4.69) is 4.90 Å². The molecular weight excluding hydrogens is 329 g/mol. The van der Waals surface area contributed by atoms with Crippen LogP contribution in [0.3, 0.4) is 0 Å². The Morgan fingerprint density at radius 3 is 2.69 bits per heavy atom. The van der Waals surface area contributed by atoms with Crippen LogP contribution in [0.2, 0.25) is 0 Å². The maximum absolute atomic E-state index is 11.9. The average Bonchev–Trinajstić information content (AvgIpc) is 2.62. The summed E-state index contributed by atoms with van der Waals surface area (Å²) in [5.41, 5.74) is 0.533. The third-order valence-electron chi connectivity index (χ3n) is 5.19. The third kappa shape index (κ3) is 4.30. The van der Waals surface area contributed by atoms with Crippen molar-refractivity contribution in [3.8, 4) is 5.75 Å². The number of rotatable bonds is 6. The van der Waals surface area contributed by atoms with Crippen LogP contribution in [0.15, 0.2) is 24.3 Å². The predicted octanol–water partition coefficient (Wildman–Crippen LogP) is 2.35. The third-order valence-corrected chi connectivity index (χ3v) is 5.19. The van der Waals surface area contributed by atoms with Crippen LogP contribution < -0.4 is 4.74 Å². The highest BCUT2D eigenvalue weighted by molar-refractivity contribution is 5.90. The molecule has 0 saturated carbocycles. The summed E-state index contributed by atoms with van der Waals surface area (Å²) in [4.78, 5) is 14.2. The van der Waals surface area contributed by atoms with Crippen LogP contribution in [-0.2, 0) is 4.74 Å². The van der Waals surface area contributed by atoms with Gasteiger partial charge in [-0.3, -0.25) is 0 Å². The summed E-state index contributed by atoms with van der Waals surface area (Å²) in [5.74, 6) is 0.647. The second-order valence-corrected chi connectivity index (χ2v) is 6.92. The standard InChI is InChI=1S/C20H27NO4.B/c1-3-5-15-12-16(19(22)24-4-2)6-7-18(15)25-14-20(23)13-21-10-8-17(20)9-11-21;/h3,5-7,12,17,23H,4,8-11,13-14H2,1-2H3;. The Morgan fingerprint density at radius 2 is 2.12 bits per heavy atom. The molecule has 139 valence electrons. The van der Waals surface area contributed by atoms with Crippen LogP contribution in [0.5, 0.6) is 5.75 Å². The molecule has 0 spiro atoms. The molecule has 1 N–H and O–H groups in total. The van der Waals surface area contributed by atoms with Gasteiger partial charge in [-0.25, -0.2) is 4.79 Å². The monoisotopic (exact) mass is 356 g/mol. The van der Waals surface area contributed by atoms with Crippen LogP contribution in [-0.4, -0.2) is 62.8 Å². The molecule has 1 atom stereocenters. The van der Waals surface area contributed by atoms with E-state index in [4.69, 9.17) is 9.47 Å². The zero-order valence-corrected chi connectivity index (χ0v) is 15.6. The zero-order valence-electron chi connectivity index (χ0n) is 15.6. The minimum atomic E-state index is -0.788. The van der Waals surface area contributed by atoms with Gasteiger partial charge >= 0.3 is 5.97 Å². The molecule has 26 heavy (non-hydrogen) atoms. The normalized spacial score (nSPS) is 27.2. The smallest absolute Gasteiger partial charge is 0.338 e. The van der Waals surface area contributed by atoms with E-state index in [0.717, 1.165) is 31.5 Å². The number of piperidine rings is 3. The van der Waals surface area contributed by atoms with E-state index in [1.165, 1.54) is 0 Å². The molecule has 3 aliphatic rings. The Hall–Kier alpha value is -1.79. The molecular formula is C20H27BNO4. The molecule has 0 amide bonds. The lowest BCUT2D eigenvalue weighted by molar-refractivity contribution is -0.131. The molecule has 1 aromatic carbocycles. The molecule has 3 fully saturated rings. The first kappa shape index (κ1) is 20.5. The Kier molecular flexibility index (Phi) is 6.90. The van der Waals surface area contributed by atoms with Crippen molar-refractivity contribution in [3.63, 3.8) is 0 Å². The van der Waals surface area contributed by atoms with Gasteiger partial charge in [0.2, 0.25) is 0 Å². The van der Waals surface area contributed by atoms with Gasteiger partial charge < -0.3 is 19.5 Å². The van der Waals surface area contributed by atoms with Gasteiger partial charge in [0, 0.05) is 20.5 Å². The van der Waals surface area contributed by atoms with Gasteiger partial charge in [0.05, 0.1) is 12.2 Å². The Balaban J connectivity index is 0.00000243. The summed E-state index contributed by atoms with van der Waals surface area (Å²) in [6, 6.07) is 5.26. The molecule has 6 heteroatoms. The van der Waals surface area contributed by atoms with Gasteiger partial charge in [0.25, 0.3) is 0 Å². The molecule has 1 unspecified atom stereocenters. The molecule has 4 rings (SSSR count). The van der Waals surface area contributed by atoms with Crippen molar-refractivity contribution in [1.82, 2.24) is 4.90 Å². The number of hydrogen-bond acceptors (Lipinski definition) is 5. The van der Waals surface area contributed by atoms with Crippen molar-refractivity contribution in [1.29, 1.82) is 0 Å². The summed E-state index contributed by atoms with van der Waals surface area (Å²) in [5, 5.41) is 11.0. The van der Waals surface area contributed by atoms with Gasteiger partial charge in [-0.15, -0.1) is 0 Å². The average molecular weight is 356 g/mol. The molecule has 3 heterocycles. The van der Waals surface area contributed by atoms with E-state index in [1.807, 2.05) is 19.1 Å². The highest BCUT2D eigenvalue weighted by atomic mass is 16.5. The number of hydrogen-bond donors (Lipinski definition) is 1. The fraction of sp³-hybridized carbons (Fsp3) is 0.550. The van der Waals surface area contributed by atoms with Crippen molar-refractivity contribution in [2.24, 2.45) is 5.92 Å². The summed E-state index contributed by atoms with van der Waals surface area (Å²) < 4.78 is 11.1. The van der Waals surface area contributed by atoms with Crippen molar-refractivity contribution < 1.29 is 19.4 Å². The summed E-state index contributed by atoms with van der Waals surface area (Å²) in [7, 11) is 0. The van der Waals surface area contributed by atoms with Crippen LogP contribution in [0, 0.1) is 5.92 Å². The minimum absolute atomic E-state index is 0. The number of ether oxygens (including phenoxy) is 2. The first-order chi connectivity index (χ1) is 12.1. The Bertz CT molecular complexity index is 655. The van der Waals surface area contributed by atoms with E-state index >= 15 is 0 Å². The molecule has 5 nitrogen and oxygen atoms in total. The molecule has 2 bridgehead atoms. The van der Waals surface area contributed by atoms with E-state index in [0.29, 0.717) is 30.4 Å². The quantitative estimate of drug-likeness (QED) is 0.626. The second-order valence-electron chi connectivity index (χ2n) is 6.92. The summed E-state index contributed by atoms with van der Waals surface area (Å²) in [6.45, 7) is 7.16. The molecule has 3 radical (unpaired) electrons. The van der Waals surface area contributed by atoms with Crippen molar-refractivity contribution in [3.05, 3.63) is 35.4 Å². The van der Waals surface area contributed by atoms with Crippen molar-refractivity contribution in [2.75, 3.05) is 32.8 Å². The fourth-order valence-corrected chi connectivity index (χ4v) is 3.84. The van der Waals surface area contributed by atoms with Crippen LogP contribution in [0.4, 0.5) is 0 Å². The number of allylic oxidation sites excluding steroid dienone is 1. The molecule has 3 saturated heterocycles. The van der Waals surface area contributed by atoms with E-state index in [1.54, 1.807) is 25.1 Å². The summed E-state index contributed by atoms with van der Waals surface area (Å²) in [6.07, 6.45) is 5.87. The van der Waals surface area contributed by atoms with Crippen molar-refractivity contribution >= 4 is 20.5 Å². The van der Waals surface area contributed by atoms with Gasteiger partial charge in [-0.1, -0.05) is 12.2 Å². The minimum Gasteiger partial charge on any atom is -0.490 e. The van der Waals surface area contributed by atoms with Gasteiger partial charge in [-0.2, -0.15) is 0 Å². The lowest BCUT2D eigenvalue weighted by atomic mass is 9.76. The Morgan fingerprint density at radius 1 is 1.38 bits per heavy atom. The van der Waals surface area contributed by atoms with Crippen LogP contribution >= 0.6 is 0 Å².